The zero-order valence-electron chi connectivity index (χ0n) is 15.9. The summed E-state index contributed by atoms with van der Waals surface area (Å²) < 4.78 is 23.6. The van der Waals surface area contributed by atoms with Crippen molar-refractivity contribution in [2.75, 3.05) is 25.1 Å². The molecule has 0 radical (unpaired) electrons. The van der Waals surface area contributed by atoms with Gasteiger partial charge in [0.25, 0.3) is 0 Å². The lowest BCUT2D eigenvalue weighted by molar-refractivity contribution is -0.121. The largest absolute Gasteiger partial charge is 0.303 e. The van der Waals surface area contributed by atoms with E-state index in [0.717, 1.165) is 25.9 Å². The van der Waals surface area contributed by atoms with Crippen molar-refractivity contribution >= 4 is 27.4 Å². The highest BCUT2D eigenvalue weighted by atomic mass is 32.2. The minimum Gasteiger partial charge on any atom is -0.303 e. The van der Waals surface area contributed by atoms with Crippen LogP contribution in [0.25, 0.3) is 0 Å². The standard InChI is InChI=1S/C18H33N3O3S2/c1-12(22)17-18(13-5-7-15(8-6-13)26(2,23)24)21-16(11-20-17)19-10-14-4-3-9-25-14/h13-21H,3-11H2,1-2H3. The van der Waals surface area contributed by atoms with Crippen LogP contribution < -0.4 is 16.0 Å². The zero-order valence-corrected chi connectivity index (χ0v) is 17.5. The monoisotopic (exact) mass is 403 g/mol. The highest BCUT2D eigenvalue weighted by molar-refractivity contribution is 8.00. The molecule has 2 heterocycles. The highest BCUT2D eigenvalue weighted by Crippen LogP contribution is 2.32. The Morgan fingerprint density at radius 2 is 1.92 bits per heavy atom. The van der Waals surface area contributed by atoms with E-state index >= 15 is 0 Å². The van der Waals surface area contributed by atoms with Gasteiger partial charge >= 0.3 is 0 Å². The molecule has 26 heavy (non-hydrogen) atoms. The Bertz CT molecular complexity index is 584. The molecule has 150 valence electrons. The SMILES string of the molecule is CC(=O)C1NCC(NCC2CCCS2)NC1C1CCC(S(C)(=O)=O)CC1. The molecule has 0 aromatic heterocycles. The first-order valence-corrected chi connectivity index (χ1v) is 12.9. The molecule has 1 saturated carbocycles. The molecule has 3 fully saturated rings. The summed E-state index contributed by atoms with van der Waals surface area (Å²) in [6.45, 7) is 3.40. The van der Waals surface area contributed by atoms with Crippen LogP contribution in [0.15, 0.2) is 0 Å². The number of nitrogens with one attached hydrogen (secondary N) is 3. The second-order valence-corrected chi connectivity index (χ2v) is 11.9. The van der Waals surface area contributed by atoms with E-state index in [1.54, 1.807) is 6.92 Å². The van der Waals surface area contributed by atoms with E-state index in [1.165, 1.54) is 24.9 Å². The Morgan fingerprint density at radius 3 is 2.50 bits per heavy atom. The van der Waals surface area contributed by atoms with E-state index in [4.69, 9.17) is 0 Å². The first kappa shape index (κ1) is 20.6. The Hall–Kier alpha value is -0.150. The Morgan fingerprint density at radius 1 is 1.19 bits per heavy atom. The predicted octanol–water partition coefficient (Wildman–Crippen LogP) is 0.920. The average molecular weight is 404 g/mol. The summed E-state index contributed by atoms with van der Waals surface area (Å²) in [5, 5.41) is 11.2. The van der Waals surface area contributed by atoms with Crippen molar-refractivity contribution in [3.8, 4) is 0 Å². The molecule has 8 heteroatoms. The molecular weight excluding hydrogens is 370 g/mol. The molecule has 2 saturated heterocycles. The maximum atomic E-state index is 12.1. The van der Waals surface area contributed by atoms with Crippen molar-refractivity contribution in [2.24, 2.45) is 5.92 Å². The molecule has 2 aliphatic heterocycles. The van der Waals surface area contributed by atoms with Gasteiger partial charge < -0.3 is 5.32 Å². The number of carbonyl (C=O) groups excluding carboxylic acids is 1. The summed E-state index contributed by atoms with van der Waals surface area (Å²) >= 11 is 2.05. The van der Waals surface area contributed by atoms with E-state index in [1.807, 2.05) is 11.8 Å². The fourth-order valence-electron chi connectivity index (χ4n) is 4.65. The first-order valence-electron chi connectivity index (χ1n) is 9.88. The Labute approximate surface area is 161 Å². The number of piperazine rings is 1. The van der Waals surface area contributed by atoms with Gasteiger partial charge in [-0.15, -0.1) is 0 Å². The second-order valence-electron chi connectivity index (χ2n) is 8.15. The topological polar surface area (TPSA) is 87.3 Å². The van der Waals surface area contributed by atoms with E-state index in [0.29, 0.717) is 24.0 Å². The second kappa shape index (κ2) is 8.90. The van der Waals surface area contributed by atoms with Gasteiger partial charge in [0.2, 0.25) is 0 Å². The summed E-state index contributed by atoms with van der Waals surface area (Å²) in [4.78, 5) is 12.1. The number of hydrogen-bond acceptors (Lipinski definition) is 7. The van der Waals surface area contributed by atoms with Crippen LogP contribution in [0.5, 0.6) is 0 Å². The van der Waals surface area contributed by atoms with Crippen LogP contribution in [-0.4, -0.2) is 68.0 Å². The van der Waals surface area contributed by atoms with Crippen molar-refractivity contribution in [1.82, 2.24) is 16.0 Å². The van der Waals surface area contributed by atoms with Crippen molar-refractivity contribution in [3.05, 3.63) is 0 Å². The quantitative estimate of drug-likeness (QED) is 0.608. The average Bonchev–Trinajstić information content (AvgIpc) is 3.12. The van der Waals surface area contributed by atoms with Crippen LogP contribution in [-0.2, 0) is 14.6 Å². The highest BCUT2D eigenvalue weighted by Gasteiger charge is 2.40. The number of rotatable bonds is 6. The summed E-state index contributed by atoms with van der Waals surface area (Å²) in [7, 11) is -2.96. The number of ketones is 1. The molecule has 0 aromatic carbocycles. The van der Waals surface area contributed by atoms with Gasteiger partial charge in [-0.1, -0.05) is 0 Å². The molecule has 3 N–H and O–H groups in total. The predicted molar refractivity (Wildman–Crippen MR) is 107 cm³/mol. The normalized spacial score (nSPS) is 39.0. The van der Waals surface area contributed by atoms with Crippen LogP contribution >= 0.6 is 11.8 Å². The Balaban J connectivity index is 1.57. The van der Waals surface area contributed by atoms with E-state index < -0.39 is 9.84 Å². The van der Waals surface area contributed by atoms with Gasteiger partial charge in [0, 0.05) is 30.6 Å². The van der Waals surface area contributed by atoms with Gasteiger partial charge in [0.1, 0.15) is 15.6 Å². The third kappa shape index (κ3) is 5.22. The lowest BCUT2D eigenvalue weighted by Crippen LogP contribution is -2.69. The summed E-state index contributed by atoms with van der Waals surface area (Å²) in [6, 6.07) is -0.0934. The number of sulfone groups is 1. The van der Waals surface area contributed by atoms with Gasteiger partial charge in [0.05, 0.1) is 17.5 Å². The lowest BCUT2D eigenvalue weighted by atomic mass is 9.79. The fraction of sp³-hybridized carbons (Fsp3) is 0.944. The molecule has 0 aromatic rings. The summed E-state index contributed by atoms with van der Waals surface area (Å²) in [6.07, 6.45) is 7.27. The molecule has 4 atom stereocenters. The number of carbonyl (C=O) groups is 1. The summed E-state index contributed by atoms with van der Waals surface area (Å²) in [5.74, 6) is 1.78. The van der Waals surface area contributed by atoms with Crippen LogP contribution in [0.1, 0.15) is 45.4 Å². The van der Waals surface area contributed by atoms with Crippen LogP contribution in [0, 0.1) is 5.92 Å². The number of thioether (sulfide) groups is 1. The van der Waals surface area contributed by atoms with Gasteiger partial charge in [0.15, 0.2) is 0 Å². The smallest absolute Gasteiger partial charge is 0.150 e. The van der Waals surface area contributed by atoms with E-state index in [-0.39, 0.29) is 29.3 Å². The third-order valence-electron chi connectivity index (χ3n) is 6.18. The molecular formula is C18H33N3O3S2. The summed E-state index contributed by atoms with van der Waals surface area (Å²) in [5.41, 5.74) is 0. The maximum Gasteiger partial charge on any atom is 0.150 e. The van der Waals surface area contributed by atoms with Crippen LogP contribution in [0.4, 0.5) is 0 Å². The van der Waals surface area contributed by atoms with Gasteiger partial charge in [-0.2, -0.15) is 11.8 Å². The maximum absolute atomic E-state index is 12.1. The van der Waals surface area contributed by atoms with E-state index in [2.05, 4.69) is 16.0 Å². The minimum atomic E-state index is -2.96. The Kier molecular flexibility index (Phi) is 7.05. The molecule has 4 unspecified atom stereocenters. The number of Topliss-reactive ketones (excluding diaryl/α,β-unsaturated/α-hetero) is 1. The van der Waals surface area contributed by atoms with Gasteiger partial charge in [-0.05, 0) is 57.1 Å². The van der Waals surface area contributed by atoms with Crippen molar-refractivity contribution in [2.45, 2.75) is 74.2 Å². The zero-order chi connectivity index (χ0) is 18.7. The van der Waals surface area contributed by atoms with Gasteiger partial charge in [-0.25, -0.2) is 8.42 Å². The van der Waals surface area contributed by atoms with Gasteiger partial charge in [-0.3, -0.25) is 15.4 Å². The van der Waals surface area contributed by atoms with Crippen LogP contribution in [0.2, 0.25) is 0 Å². The molecule has 1 aliphatic carbocycles. The molecule has 0 spiro atoms. The van der Waals surface area contributed by atoms with E-state index in [9.17, 15) is 13.2 Å². The first-order chi connectivity index (χ1) is 12.3. The molecule has 3 rings (SSSR count). The molecule has 0 amide bonds. The van der Waals surface area contributed by atoms with Crippen molar-refractivity contribution in [3.63, 3.8) is 0 Å². The lowest BCUT2D eigenvalue weighted by Gasteiger charge is -2.43. The minimum absolute atomic E-state index is 0.0792. The molecule has 0 bridgehead atoms. The van der Waals surface area contributed by atoms with Crippen molar-refractivity contribution in [1.29, 1.82) is 0 Å². The van der Waals surface area contributed by atoms with Crippen molar-refractivity contribution < 1.29 is 13.2 Å². The molecule has 6 nitrogen and oxygen atoms in total. The third-order valence-corrected chi connectivity index (χ3v) is 9.26. The fourth-order valence-corrected chi connectivity index (χ4v) is 6.99. The number of hydrogen-bond donors (Lipinski definition) is 3. The molecule has 3 aliphatic rings. The van der Waals surface area contributed by atoms with Crippen LogP contribution in [0.3, 0.4) is 0 Å².